The number of fused-ring (bicyclic) bond motifs is 1. The van der Waals surface area contributed by atoms with Crippen LogP contribution in [-0.2, 0) is 0 Å². The van der Waals surface area contributed by atoms with Gasteiger partial charge in [-0.1, -0.05) is 30.3 Å². The van der Waals surface area contributed by atoms with E-state index < -0.39 is 0 Å². The maximum Gasteiger partial charge on any atom is 0.138 e. The molecule has 2 nitrogen and oxygen atoms in total. The molecule has 0 bridgehead atoms. The van der Waals surface area contributed by atoms with Gasteiger partial charge in [0, 0.05) is 5.56 Å². The molecule has 0 spiro atoms. The number of para-hydroxylation sites is 2. The van der Waals surface area contributed by atoms with Crippen molar-refractivity contribution in [2.45, 2.75) is 0 Å². The molecule has 0 unspecified atom stereocenters. The SMILES string of the molecule is [CH2]c1cccc(-c2nc3ccccc3[nH]2)c1. The van der Waals surface area contributed by atoms with Gasteiger partial charge in [0.2, 0.25) is 0 Å². The number of aromatic nitrogens is 2. The molecular formula is C14H11N2. The number of benzene rings is 2. The smallest absolute Gasteiger partial charge is 0.138 e. The van der Waals surface area contributed by atoms with E-state index in [-0.39, 0.29) is 0 Å². The van der Waals surface area contributed by atoms with E-state index in [0.29, 0.717) is 0 Å². The Balaban J connectivity index is 2.19. The third-order valence-corrected chi connectivity index (χ3v) is 2.59. The maximum absolute atomic E-state index is 4.54. The second-order valence-electron chi connectivity index (χ2n) is 3.80. The van der Waals surface area contributed by atoms with Crippen LogP contribution in [0.1, 0.15) is 5.56 Å². The Morgan fingerprint density at radius 2 is 1.88 bits per heavy atom. The van der Waals surface area contributed by atoms with Gasteiger partial charge < -0.3 is 4.98 Å². The van der Waals surface area contributed by atoms with Crippen LogP contribution in [0.5, 0.6) is 0 Å². The van der Waals surface area contributed by atoms with Crippen LogP contribution in [-0.4, -0.2) is 9.97 Å². The third kappa shape index (κ3) is 1.48. The maximum atomic E-state index is 4.54. The van der Waals surface area contributed by atoms with E-state index in [1.165, 1.54) is 0 Å². The predicted molar refractivity (Wildman–Crippen MR) is 66.0 cm³/mol. The zero-order chi connectivity index (χ0) is 11.0. The third-order valence-electron chi connectivity index (χ3n) is 2.59. The van der Waals surface area contributed by atoms with Gasteiger partial charge in [-0.05, 0) is 30.7 Å². The highest BCUT2D eigenvalue weighted by Gasteiger charge is 2.03. The zero-order valence-electron chi connectivity index (χ0n) is 8.77. The molecule has 0 aliphatic carbocycles. The van der Waals surface area contributed by atoms with Crippen LogP contribution in [0.4, 0.5) is 0 Å². The lowest BCUT2D eigenvalue weighted by Gasteiger charge is -1.97. The van der Waals surface area contributed by atoms with Crippen LogP contribution in [0.15, 0.2) is 48.5 Å². The summed E-state index contributed by atoms with van der Waals surface area (Å²) < 4.78 is 0. The number of nitrogens with one attached hydrogen (secondary N) is 1. The lowest BCUT2D eigenvalue weighted by molar-refractivity contribution is 1.33. The summed E-state index contributed by atoms with van der Waals surface area (Å²) in [6, 6.07) is 16.1. The Kier molecular flexibility index (Phi) is 2.00. The van der Waals surface area contributed by atoms with E-state index >= 15 is 0 Å². The van der Waals surface area contributed by atoms with Gasteiger partial charge in [-0.3, -0.25) is 0 Å². The van der Waals surface area contributed by atoms with E-state index in [1.54, 1.807) is 0 Å². The second-order valence-corrected chi connectivity index (χ2v) is 3.80. The molecule has 1 radical (unpaired) electrons. The molecule has 16 heavy (non-hydrogen) atoms. The molecule has 2 heteroatoms. The van der Waals surface area contributed by atoms with E-state index in [1.807, 2.05) is 48.5 Å². The lowest BCUT2D eigenvalue weighted by Crippen LogP contribution is -1.80. The molecule has 0 saturated heterocycles. The van der Waals surface area contributed by atoms with Crippen LogP contribution in [0, 0.1) is 6.92 Å². The molecule has 2 aromatic carbocycles. The minimum atomic E-state index is 0.895. The molecule has 77 valence electrons. The van der Waals surface area contributed by atoms with Crippen LogP contribution >= 0.6 is 0 Å². The highest BCUT2D eigenvalue weighted by molar-refractivity contribution is 5.79. The first kappa shape index (κ1) is 9.16. The van der Waals surface area contributed by atoms with Crippen LogP contribution in [0.2, 0.25) is 0 Å². The van der Waals surface area contributed by atoms with E-state index in [2.05, 4.69) is 16.9 Å². The summed E-state index contributed by atoms with van der Waals surface area (Å²) in [5.41, 5.74) is 4.13. The first-order valence-electron chi connectivity index (χ1n) is 5.20. The summed E-state index contributed by atoms with van der Waals surface area (Å²) in [4.78, 5) is 7.84. The van der Waals surface area contributed by atoms with Crippen molar-refractivity contribution in [2.24, 2.45) is 0 Å². The summed E-state index contributed by atoms with van der Waals surface area (Å²) in [6.45, 7) is 3.92. The normalized spacial score (nSPS) is 10.8. The quantitative estimate of drug-likeness (QED) is 0.650. The van der Waals surface area contributed by atoms with Crippen molar-refractivity contribution in [3.05, 3.63) is 61.0 Å². The summed E-state index contributed by atoms with van der Waals surface area (Å²) in [5, 5.41) is 0. The van der Waals surface area contributed by atoms with Crippen molar-refractivity contribution in [3.8, 4) is 11.4 Å². The van der Waals surface area contributed by atoms with Crippen molar-refractivity contribution in [1.82, 2.24) is 9.97 Å². The van der Waals surface area contributed by atoms with Gasteiger partial charge in [0.05, 0.1) is 11.0 Å². The molecule has 0 saturated carbocycles. The monoisotopic (exact) mass is 207 g/mol. The molecule has 1 heterocycles. The van der Waals surface area contributed by atoms with Crippen molar-refractivity contribution >= 4 is 11.0 Å². The molecule has 0 atom stereocenters. The van der Waals surface area contributed by atoms with Crippen molar-refractivity contribution in [3.63, 3.8) is 0 Å². The molecule has 1 N–H and O–H groups in total. The number of H-pyrrole nitrogens is 1. The topological polar surface area (TPSA) is 28.7 Å². The number of hydrogen-bond acceptors (Lipinski definition) is 1. The Hall–Kier alpha value is -2.09. The minimum absolute atomic E-state index is 0.895. The summed E-state index contributed by atoms with van der Waals surface area (Å²) in [5.74, 6) is 0.895. The zero-order valence-corrected chi connectivity index (χ0v) is 8.77. The fourth-order valence-electron chi connectivity index (χ4n) is 1.81. The Bertz CT molecular complexity index is 605. The molecule has 0 aliphatic heterocycles. The Morgan fingerprint density at radius 3 is 2.69 bits per heavy atom. The first-order valence-corrected chi connectivity index (χ1v) is 5.20. The molecule has 3 rings (SSSR count). The first-order chi connectivity index (χ1) is 7.83. The minimum Gasteiger partial charge on any atom is -0.338 e. The van der Waals surface area contributed by atoms with Crippen molar-refractivity contribution in [1.29, 1.82) is 0 Å². The van der Waals surface area contributed by atoms with Crippen molar-refractivity contribution < 1.29 is 0 Å². The molecule has 0 aliphatic rings. The lowest BCUT2D eigenvalue weighted by atomic mass is 10.1. The molecule has 1 aromatic heterocycles. The number of hydrogen-bond donors (Lipinski definition) is 1. The van der Waals surface area contributed by atoms with Gasteiger partial charge in [-0.25, -0.2) is 4.98 Å². The van der Waals surface area contributed by atoms with Gasteiger partial charge in [0.1, 0.15) is 5.82 Å². The highest BCUT2D eigenvalue weighted by atomic mass is 14.9. The van der Waals surface area contributed by atoms with E-state index in [4.69, 9.17) is 0 Å². The largest absolute Gasteiger partial charge is 0.338 e. The number of nitrogens with zero attached hydrogens (tertiary/aromatic N) is 1. The van der Waals surface area contributed by atoms with Gasteiger partial charge in [-0.15, -0.1) is 0 Å². The molecule has 0 fully saturated rings. The second kappa shape index (κ2) is 3.49. The predicted octanol–water partition coefficient (Wildman–Crippen LogP) is 3.41. The summed E-state index contributed by atoms with van der Waals surface area (Å²) in [7, 11) is 0. The molecular weight excluding hydrogens is 196 g/mol. The van der Waals surface area contributed by atoms with Gasteiger partial charge >= 0.3 is 0 Å². The van der Waals surface area contributed by atoms with E-state index in [9.17, 15) is 0 Å². The number of aromatic amines is 1. The standard InChI is InChI=1S/C14H11N2/c1-10-5-4-6-11(9-10)14-15-12-7-2-3-8-13(12)16-14/h2-9H,1H2,(H,15,16). The molecule has 3 aromatic rings. The average Bonchev–Trinajstić information content (AvgIpc) is 2.72. The van der Waals surface area contributed by atoms with Gasteiger partial charge in [-0.2, -0.15) is 0 Å². The molecule has 0 amide bonds. The van der Waals surface area contributed by atoms with Crippen LogP contribution in [0.3, 0.4) is 0 Å². The number of imidazole rings is 1. The van der Waals surface area contributed by atoms with Crippen LogP contribution in [0.25, 0.3) is 22.4 Å². The van der Waals surface area contributed by atoms with Gasteiger partial charge in [0.25, 0.3) is 0 Å². The Morgan fingerprint density at radius 1 is 1.00 bits per heavy atom. The Labute approximate surface area is 94.0 Å². The highest BCUT2D eigenvalue weighted by Crippen LogP contribution is 2.20. The fourth-order valence-corrected chi connectivity index (χ4v) is 1.81. The average molecular weight is 207 g/mol. The summed E-state index contributed by atoms with van der Waals surface area (Å²) >= 11 is 0. The fraction of sp³-hybridized carbons (Fsp3) is 0. The van der Waals surface area contributed by atoms with Gasteiger partial charge in [0.15, 0.2) is 0 Å². The van der Waals surface area contributed by atoms with Crippen LogP contribution < -0.4 is 0 Å². The van der Waals surface area contributed by atoms with Crippen molar-refractivity contribution in [2.75, 3.05) is 0 Å². The van der Waals surface area contributed by atoms with E-state index in [0.717, 1.165) is 28.0 Å². The number of rotatable bonds is 1. The summed E-state index contributed by atoms with van der Waals surface area (Å²) in [6.07, 6.45) is 0.